The molecule has 0 spiro atoms. The van der Waals surface area contributed by atoms with Crippen LogP contribution in [0, 0.1) is 6.92 Å². The average molecular weight is 383 g/mol. The van der Waals surface area contributed by atoms with E-state index in [2.05, 4.69) is 20.3 Å². The standard InChI is InChI=1S/C15H21N5O3S2/c1-11-10-24-14(17-11)7-8-16-15(21)18-12-5-4-6-13(9-12)19-25(22,23)20(2)3/h4-6,9-10,19H,7-8H2,1-3H3,(H2,16,18,21). The Labute approximate surface area is 151 Å². The highest BCUT2D eigenvalue weighted by atomic mass is 32.2. The van der Waals surface area contributed by atoms with E-state index in [0.717, 1.165) is 15.0 Å². The van der Waals surface area contributed by atoms with Crippen molar-refractivity contribution >= 4 is 39.0 Å². The fraction of sp³-hybridized carbons (Fsp3) is 0.333. The molecule has 8 nitrogen and oxygen atoms in total. The molecule has 0 atom stereocenters. The number of aryl methyl sites for hydroxylation is 1. The van der Waals surface area contributed by atoms with Crippen LogP contribution < -0.4 is 15.4 Å². The Bertz CT molecular complexity index is 833. The maximum atomic E-state index is 11.9. The molecule has 0 unspecified atom stereocenters. The van der Waals surface area contributed by atoms with Gasteiger partial charge in [-0.15, -0.1) is 11.3 Å². The van der Waals surface area contributed by atoms with Crippen LogP contribution in [0.25, 0.3) is 0 Å². The van der Waals surface area contributed by atoms with E-state index < -0.39 is 10.2 Å². The van der Waals surface area contributed by atoms with Crippen LogP contribution in [0.4, 0.5) is 16.2 Å². The largest absolute Gasteiger partial charge is 0.337 e. The molecule has 0 aliphatic heterocycles. The molecular formula is C15H21N5O3S2. The van der Waals surface area contributed by atoms with Crippen LogP contribution in [0.2, 0.25) is 0 Å². The summed E-state index contributed by atoms with van der Waals surface area (Å²) in [7, 11) is -0.725. The fourth-order valence-electron chi connectivity index (χ4n) is 1.88. The van der Waals surface area contributed by atoms with Gasteiger partial charge in [-0.25, -0.2) is 9.78 Å². The van der Waals surface area contributed by atoms with Gasteiger partial charge in [0.1, 0.15) is 0 Å². The zero-order valence-electron chi connectivity index (χ0n) is 14.2. The van der Waals surface area contributed by atoms with E-state index in [1.165, 1.54) is 14.1 Å². The predicted octanol–water partition coefficient (Wildman–Crippen LogP) is 2.03. The highest BCUT2D eigenvalue weighted by molar-refractivity contribution is 7.90. The molecule has 0 fully saturated rings. The number of amides is 2. The first-order valence-corrected chi connectivity index (χ1v) is 9.84. The number of hydrogen-bond acceptors (Lipinski definition) is 5. The molecule has 0 bridgehead atoms. The summed E-state index contributed by atoms with van der Waals surface area (Å²) in [5, 5.41) is 8.36. The van der Waals surface area contributed by atoms with Gasteiger partial charge in [-0.1, -0.05) is 6.07 Å². The van der Waals surface area contributed by atoms with Gasteiger partial charge < -0.3 is 10.6 Å². The number of aromatic nitrogens is 1. The van der Waals surface area contributed by atoms with Gasteiger partial charge in [0.15, 0.2) is 0 Å². The molecular weight excluding hydrogens is 362 g/mol. The summed E-state index contributed by atoms with van der Waals surface area (Å²) < 4.78 is 27.1. The van der Waals surface area contributed by atoms with Gasteiger partial charge in [0.2, 0.25) is 0 Å². The maximum absolute atomic E-state index is 11.9. The molecule has 1 aromatic carbocycles. The Morgan fingerprint density at radius 3 is 2.64 bits per heavy atom. The van der Waals surface area contributed by atoms with Gasteiger partial charge in [0.25, 0.3) is 0 Å². The van der Waals surface area contributed by atoms with E-state index in [9.17, 15) is 13.2 Å². The summed E-state index contributed by atoms with van der Waals surface area (Å²) in [6.45, 7) is 2.39. The molecule has 2 amide bonds. The number of carbonyl (C=O) groups is 1. The summed E-state index contributed by atoms with van der Waals surface area (Å²) in [4.78, 5) is 16.3. The number of urea groups is 1. The Morgan fingerprint density at radius 1 is 1.28 bits per heavy atom. The molecule has 2 rings (SSSR count). The Kier molecular flexibility index (Phi) is 6.34. The van der Waals surface area contributed by atoms with Crippen molar-refractivity contribution in [1.29, 1.82) is 0 Å². The second-order valence-electron chi connectivity index (χ2n) is 5.48. The van der Waals surface area contributed by atoms with Crippen LogP contribution in [-0.2, 0) is 16.6 Å². The highest BCUT2D eigenvalue weighted by Gasteiger charge is 2.13. The van der Waals surface area contributed by atoms with Crippen molar-refractivity contribution in [2.45, 2.75) is 13.3 Å². The molecule has 25 heavy (non-hydrogen) atoms. The van der Waals surface area contributed by atoms with Gasteiger partial charge in [-0.2, -0.15) is 12.7 Å². The first kappa shape index (κ1) is 19.2. The molecule has 1 heterocycles. The van der Waals surface area contributed by atoms with Crippen LogP contribution in [0.15, 0.2) is 29.6 Å². The van der Waals surface area contributed by atoms with Crippen molar-refractivity contribution in [1.82, 2.24) is 14.6 Å². The molecule has 10 heteroatoms. The number of rotatable bonds is 7. The smallest absolute Gasteiger partial charge is 0.319 e. The topological polar surface area (TPSA) is 103 Å². The summed E-state index contributed by atoms with van der Waals surface area (Å²) >= 11 is 1.56. The van der Waals surface area contributed by atoms with E-state index in [1.54, 1.807) is 35.6 Å². The lowest BCUT2D eigenvalue weighted by Crippen LogP contribution is -2.30. The van der Waals surface area contributed by atoms with Gasteiger partial charge in [-0.05, 0) is 25.1 Å². The maximum Gasteiger partial charge on any atom is 0.319 e. The molecule has 0 radical (unpaired) electrons. The summed E-state index contributed by atoms with van der Waals surface area (Å²) in [6.07, 6.45) is 0.661. The number of thiazole rings is 1. The number of nitrogens with one attached hydrogen (secondary N) is 3. The van der Waals surface area contributed by atoms with E-state index in [4.69, 9.17) is 0 Å². The molecule has 2 aromatic rings. The predicted molar refractivity (Wildman–Crippen MR) is 100 cm³/mol. The summed E-state index contributed by atoms with van der Waals surface area (Å²) in [5.41, 5.74) is 1.83. The minimum atomic E-state index is -3.59. The second-order valence-corrected chi connectivity index (χ2v) is 8.31. The third-order valence-electron chi connectivity index (χ3n) is 3.14. The van der Waals surface area contributed by atoms with Gasteiger partial charge in [0.05, 0.1) is 10.7 Å². The van der Waals surface area contributed by atoms with Crippen molar-refractivity contribution in [3.63, 3.8) is 0 Å². The molecule has 136 valence electrons. The average Bonchev–Trinajstić information content (AvgIpc) is 2.92. The van der Waals surface area contributed by atoms with E-state index in [1.807, 2.05) is 12.3 Å². The van der Waals surface area contributed by atoms with Crippen molar-refractivity contribution in [2.75, 3.05) is 30.7 Å². The minimum absolute atomic E-state index is 0.360. The monoisotopic (exact) mass is 383 g/mol. The van der Waals surface area contributed by atoms with Crippen LogP contribution in [-0.4, -0.2) is 44.4 Å². The van der Waals surface area contributed by atoms with Crippen LogP contribution in [0.3, 0.4) is 0 Å². The first-order valence-electron chi connectivity index (χ1n) is 7.52. The van der Waals surface area contributed by atoms with E-state index in [0.29, 0.717) is 24.3 Å². The number of anilines is 2. The zero-order valence-corrected chi connectivity index (χ0v) is 15.9. The molecule has 3 N–H and O–H groups in total. The van der Waals surface area contributed by atoms with Crippen LogP contribution in [0.1, 0.15) is 10.7 Å². The van der Waals surface area contributed by atoms with Crippen molar-refractivity contribution in [3.05, 3.63) is 40.3 Å². The molecule has 0 aliphatic carbocycles. The summed E-state index contributed by atoms with van der Waals surface area (Å²) in [5.74, 6) is 0. The van der Waals surface area contributed by atoms with Crippen LogP contribution in [0.5, 0.6) is 0 Å². The number of carbonyl (C=O) groups excluding carboxylic acids is 1. The number of hydrogen-bond donors (Lipinski definition) is 3. The fourth-order valence-corrected chi connectivity index (χ4v) is 3.26. The lowest BCUT2D eigenvalue weighted by Gasteiger charge is -2.14. The number of nitrogens with zero attached hydrogens (tertiary/aromatic N) is 2. The Morgan fingerprint density at radius 2 is 2.00 bits per heavy atom. The Balaban J connectivity index is 1.87. The lowest BCUT2D eigenvalue weighted by atomic mass is 10.3. The second kappa shape index (κ2) is 8.28. The third kappa shape index (κ3) is 6.00. The van der Waals surface area contributed by atoms with E-state index in [-0.39, 0.29) is 6.03 Å². The van der Waals surface area contributed by atoms with E-state index >= 15 is 0 Å². The normalized spacial score (nSPS) is 11.4. The van der Waals surface area contributed by atoms with Crippen LogP contribution >= 0.6 is 11.3 Å². The van der Waals surface area contributed by atoms with Gasteiger partial charge in [0, 0.05) is 43.8 Å². The SMILES string of the molecule is Cc1csc(CCNC(=O)Nc2cccc(NS(=O)(=O)N(C)C)c2)n1. The lowest BCUT2D eigenvalue weighted by molar-refractivity contribution is 0.252. The highest BCUT2D eigenvalue weighted by Crippen LogP contribution is 2.16. The third-order valence-corrected chi connectivity index (χ3v) is 5.62. The minimum Gasteiger partial charge on any atom is -0.337 e. The Hall–Kier alpha value is -2.17. The van der Waals surface area contributed by atoms with Gasteiger partial charge >= 0.3 is 16.2 Å². The van der Waals surface area contributed by atoms with Crippen molar-refractivity contribution < 1.29 is 13.2 Å². The molecule has 0 saturated carbocycles. The quantitative estimate of drug-likeness (QED) is 0.680. The molecule has 0 aliphatic rings. The van der Waals surface area contributed by atoms with Gasteiger partial charge in [-0.3, -0.25) is 4.72 Å². The molecule has 1 aromatic heterocycles. The summed E-state index contributed by atoms with van der Waals surface area (Å²) in [6, 6.07) is 6.12. The molecule has 0 saturated heterocycles. The van der Waals surface area contributed by atoms with Crippen molar-refractivity contribution in [3.8, 4) is 0 Å². The van der Waals surface area contributed by atoms with Crippen molar-refractivity contribution in [2.24, 2.45) is 0 Å². The number of benzene rings is 1. The zero-order chi connectivity index (χ0) is 18.4. The first-order chi connectivity index (χ1) is 11.8.